The van der Waals surface area contributed by atoms with Gasteiger partial charge in [-0.05, 0) is 69.7 Å². The van der Waals surface area contributed by atoms with E-state index in [2.05, 4.69) is 4.90 Å². The Hall–Kier alpha value is -2.54. The number of esters is 1. The molecule has 2 saturated heterocycles. The first-order chi connectivity index (χ1) is 15.2. The van der Waals surface area contributed by atoms with Crippen LogP contribution in [0.1, 0.15) is 50.8 Å². The Morgan fingerprint density at radius 2 is 1.91 bits per heavy atom. The van der Waals surface area contributed by atoms with Gasteiger partial charge in [-0.25, -0.2) is 9.36 Å². The van der Waals surface area contributed by atoms with Gasteiger partial charge < -0.3 is 14.2 Å². The standard InChI is InChI=1S/C25H32N2O5/c1-25(2,3)32-24(29)27-20-7-6-15(30-4)12-17(20)16-8-9-26-13-14-10-18(22(16)27)21(26)19(11-14)23(28)31-5/h6-7,12,14,18-19,21H,8-11,13H2,1-5H3/t14-,18+,19-,21+/m0/s1. The summed E-state index contributed by atoms with van der Waals surface area (Å²) in [6.45, 7) is 7.52. The van der Waals surface area contributed by atoms with E-state index in [0.717, 1.165) is 54.7 Å². The lowest BCUT2D eigenvalue weighted by Crippen LogP contribution is -2.58. The molecule has 1 saturated carbocycles. The molecule has 172 valence electrons. The molecule has 0 spiro atoms. The smallest absolute Gasteiger partial charge is 0.419 e. The summed E-state index contributed by atoms with van der Waals surface area (Å²) >= 11 is 0. The summed E-state index contributed by atoms with van der Waals surface area (Å²) in [5.74, 6) is 0.959. The second-order valence-corrected chi connectivity index (χ2v) is 10.4. The number of carbonyl (C=O) groups is 2. The highest BCUT2D eigenvalue weighted by molar-refractivity contribution is 5.95. The molecular formula is C25H32N2O5. The molecule has 1 unspecified atom stereocenters. The summed E-state index contributed by atoms with van der Waals surface area (Å²) in [5, 5.41) is 1.03. The van der Waals surface area contributed by atoms with Crippen LogP contribution in [-0.4, -0.2) is 60.5 Å². The zero-order valence-corrected chi connectivity index (χ0v) is 19.5. The van der Waals surface area contributed by atoms with Crippen LogP contribution in [0.15, 0.2) is 18.2 Å². The van der Waals surface area contributed by atoms with Crippen molar-refractivity contribution in [2.75, 3.05) is 27.3 Å². The fraction of sp³-hybridized carbons (Fsp3) is 0.600. The maximum atomic E-state index is 13.5. The molecule has 4 aliphatic rings. The van der Waals surface area contributed by atoms with Crippen molar-refractivity contribution in [3.63, 3.8) is 0 Å². The van der Waals surface area contributed by atoms with Crippen molar-refractivity contribution in [2.24, 2.45) is 11.8 Å². The Morgan fingerprint density at radius 1 is 1.12 bits per heavy atom. The molecule has 3 fully saturated rings. The van der Waals surface area contributed by atoms with Crippen molar-refractivity contribution in [3.8, 4) is 5.75 Å². The van der Waals surface area contributed by atoms with Crippen LogP contribution in [0.3, 0.4) is 0 Å². The van der Waals surface area contributed by atoms with E-state index in [1.165, 1.54) is 12.7 Å². The van der Waals surface area contributed by atoms with Gasteiger partial charge in [0.1, 0.15) is 11.4 Å². The number of fused-ring (bicyclic) bond motifs is 4. The number of methoxy groups -OCH3 is 2. The quantitative estimate of drug-likeness (QED) is 0.659. The van der Waals surface area contributed by atoms with Gasteiger partial charge in [-0.3, -0.25) is 9.69 Å². The van der Waals surface area contributed by atoms with E-state index < -0.39 is 5.60 Å². The van der Waals surface area contributed by atoms with Crippen LogP contribution in [0.4, 0.5) is 4.79 Å². The van der Waals surface area contributed by atoms with E-state index in [4.69, 9.17) is 14.2 Å². The highest BCUT2D eigenvalue weighted by atomic mass is 16.6. The number of carbonyl (C=O) groups excluding carboxylic acids is 2. The minimum atomic E-state index is -0.607. The summed E-state index contributed by atoms with van der Waals surface area (Å²) in [6.07, 6.45) is 2.29. The number of aromatic nitrogens is 1. The Morgan fingerprint density at radius 3 is 2.59 bits per heavy atom. The molecule has 4 heterocycles. The Balaban J connectivity index is 1.72. The highest BCUT2D eigenvalue weighted by Gasteiger charge is 2.53. The van der Waals surface area contributed by atoms with Crippen molar-refractivity contribution in [1.82, 2.24) is 9.47 Å². The maximum Gasteiger partial charge on any atom is 0.419 e. The van der Waals surface area contributed by atoms with Crippen LogP contribution >= 0.6 is 0 Å². The third kappa shape index (κ3) is 3.29. The van der Waals surface area contributed by atoms with Crippen LogP contribution in [0.5, 0.6) is 5.75 Å². The summed E-state index contributed by atoms with van der Waals surface area (Å²) < 4.78 is 18.3. The van der Waals surface area contributed by atoms with Gasteiger partial charge in [-0.1, -0.05) is 0 Å². The van der Waals surface area contributed by atoms with Gasteiger partial charge in [0, 0.05) is 36.1 Å². The molecule has 2 aromatic rings. The molecule has 32 heavy (non-hydrogen) atoms. The predicted octanol–water partition coefficient (Wildman–Crippen LogP) is 3.96. The van der Waals surface area contributed by atoms with Crippen LogP contribution in [0, 0.1) is 11.8 Å². The maximum absolute atomic E-state index is 13.5. The lowest BCUT2D eigenvalue weighted by molar-refractivity contribution is -0.154. The van der Waals surface area contributed by atoms with E-state index in [9.17, 15) is 9.59 Å². The molecule has 0 radical (unpaired) electrons. The lowest BCUT2D eigenvalue weighted by atomic mass is 9.66. The number of hydrogen-bond acceptors (Lipinski definition) is 6. The molecule has 1 aromatic carbocycles. The normalized spacial score (nSPS) is 28.7. The van der Waals surface area contributed by atoms with Gasteiger partial charge in [-0.2, -0.15) is 0 Å². The number of rotatable bonds is 2. The van der Waals surface area contributed by atoms with Crippen molar-refractivity contribution < 1.29 is 23.8 Å². The van der Waals surface area contributed by atoms with Crippen molar-refractivity contribution in [3.05, 3.63) is 29.5 Å². The number of hydrogen-bond donors (Lipinski definition) is 0. The topological polar surface area (TPSA) is 70.0 Å². The first-order valence-corrected chi connectivity index (χ1v) is 11.5. The van der Waals surface area contributed by atoms with Crippen molar-refractivity contribution >= 4 is 23.0 Å². The highest BCUT2D eigenvalue weighted by Crippen LogP contribution is 2.51. The van der Waals surface area contributed by atoms with E-state index >= 15 is 0 Å². The minimum absolute atomic E-state index is 0.0427. The molecule has 4 bridgehead atoms. The van der Waals surface area contributed by atoms with Crippen LogP contribution in [0.2, 0.25) is 0 Å². The summed E-state index contributed by atoms with van der Waals surface area (Å²) in [5.41, 5.74) is 2.42. The summed E-state index contributed by atoms with van der Waals surface area (Å²) in [7, 11) is 3.13. The average molecular weight is 441 g/mol. The van der Waals surface area contributed by atoms with Gasteiger partial charge in [-0.15, -0.1) is 0 Å². The molecule has 1 aromatic heterocycles. The van der Waals surface area contributed by atoms with Crippen LogP contribution < -0.4 is 4.74 Å². The molecule has 7 heteroatoms. The largest absolute Gasteiger partial charge is 0.497 e. The van der Waals surface area contributed by atoms with E-state index in [1.807, 2.05) is 39.0 Å². The molecular weight excluding hydrogens is 408 g/mol. The fourth-order valence-corrected chi connectivity index (χ4v) is 6.28. The minimum Gasteiger partial charge on any atom is -0.497 e. The van der Waals surface area contributed by atoms with Gasteiger partial charge in [0.25, 0.3) is 0 Å². The first kappa shape index (κ1) is 21.3. The zero-order chi connectivity index (χ0) is 22.8. The number of benzene rings is 1. The van der Waals surface area contributed by atoms with Gasteiger partial charge in [0.2, 0.25) is 0 Å². The first-order valence-electron chi connectivity index (χ1n) is 11.5. The summed E-state index contributed by atoms with van der Waals surface area (Å²) in [6, 6.07) is 5.90. The lowest BCUT2D eigenvalue weighted by Gasteiger charge is -2.52. The zero-order valence-electron chi connectivity index (χ0n) is 19.5. The van der Waals surface area contributed by atoms with Crippen molar-refractivity contribution in [1.29, 1.82) is 0 Å². The van der Waals surface area contributed by atoms with E-state index in [-0.39, 0.29) is 29.9 Å². The van der Waals surface area contributed by atoms with E-state index in [1.54, 1.807) is 11.7 Å². The summed E-state index contributed by atoms with van der Waals surface area (Å²) in [4.78, 5) is 28.7. The molecule has 7 nitrogen and oxygen atoms in total. The van der Waals surface area contributed by atoms with Crippen molar-refractivity contribution in [2.45, 2.75) is 57.6 Å². The number of nitrogens with zero attached hydrogens (tertiary/aromatic N) is 2. The van der Waals surface area contributed by atoms with Crippen LogP contribution in [0.25, 0.3) is 10.9 Å². The fourth-order valence-electron chi connectivity index (χ4n) is 6.28. The number of ether oxygens (including phenoxy) is 3. The van der Waals surface area contributed by atoms with Gasteiger partial charge >= 0.3 is 12.1 Å². The number of piperidine rings is 2. The average Bonchev–Trinajstić information content (AvgIpc) is 3.03. The van der Waals surface area contributed by atoms with Crippen LogP contribution in [-0.2, 0) is 20.7 Å². The predicted molar refractivity (Wildman–Crippen MR) is 120 cm³/mol. The molecule has 1 aliphatic carbocycles. The Bertz CT molecular complexity index is 1080. The third-order valence-electron chi connectivity index (χ3n) is 7.31. The molecule has 0 amide bonds. The third-order valence-corrected chi connectivity index (χ3v) is 7.31. The monoisotopic (exact) mass is 440 g/mol. The molecule has 0 N–H and O–H groups in total. The van der Waals surface area contributed by atoms with E-state index in [0.29, 0.717) is 5.92 Å². The molecule has 6 rings (SSSR count). The Kier molecular flexibility index (Phi) is 5.00. The second kappa shape index (κ2) is 7.51. The molecule has 3 aliphatic heterocycles. The second-order valence-electron chi connectivity index (χ2n) is 10.4. The Labute approximate surface area is 188 Å². The van der Waals surface area contributed by atoms with Gasteiger partial charge in [0.15, 0.2) is 0 Å². The SMILES string of the molecule is COC(=O)[C@H]1C[C@@H]2C[C@H]3c4c(c5cc(OC)ccc5n4C(=O)OC(C)(C)C)CCN(C2)[C@@H]13. The van der Waals surface area contributed by atoms with Gasteiger partial charge in [0.05, 0.1) is 25.7 Å². The molecule has 5 atom stereocenters.